The Balaban J connectivity index is 2.88. The van der Waals surface area contributed by atoms with Gasteiger partial charge in [-0.2, -0.15) is 11.8 Å². The van der Waals surface area contributed by atoms with Crippen LogP contribution in [0.2, 0.25) is 5.02 Å². The van der Waals surface area contributed by atoms with Gasteiger partial charge >= 0.3 is 0 Å². The maximum absolute atomic E-state index is 12.0. The number of anilines is 1. The number of hydrogen-bond acceptors (Lipinski definition) is 5. The fourth-order valence-corrected chi connectivity index (χ4v) is 2.93. The summed E-state index contributed by atoms with van der Waals surface area (Å²) in [5.74, 6) is 0.452. The minimum atomic E-state index is -3.55. The van der Waals surface area contributed by atoms with E-state index in [-0.39, 0.29) is 15.2 Å². The average Bonchev–Trinajstić information content (AvgIpc) is 2.35. The van der Waals surface area contributed by atoms with Crippen LogP contribution < -0.4 is 10.0 Å². The number of halogens is 1. The second kappa shape index (κ2) is 6.60. The maximum atomic E-state index is 12.0. The summed E-state index contributed by atoms with van der Waals surface area (Å²) in [6.07, 6.45) is 3.21. The molecule has 0 radical (unpaired) electrons. The summed E-state index contributed by atoms with van der Waals surface area (Å²) in [7, 11) is -1.88. The summed E-state index contributed by atoms with van der Waals surface area (Å²) in [4.78, 5) is 4.01. The summed E-state index contributed by atoms with van der Waals surface area (Å²) in [5, 5.41) is 3.26. The smallest absolute Gasteiger partial charge is 0.242 e. The van der Waals surface area contributed by atoms with Gasteiger partial charge in [-0.3, -0.25) is 0 Å². The van der Waals surface area contributed by atoms with Crippen LogP contribution in [-0.4, -0.2) is 38.5 Å². The van der Waals surface area contributed by atoms with Crippen LogP contribution in [0.25, 0.3) is 0 Å². The molecule has 0 fully saturated rings. The second-order valence-electron chi connectivity index (χ2n) is 3.65. The molecule has 102 valence electrons. The summed E-state index contributed by atoms with van der Waals surface area (Å²) < 4.78 is 26.5. The van der Waals surface area contributed by atoms with Gasteiger partial charge in [0.15, 0.2) is 0 Å². The van der Waals surface area contributed by atoms with E-state index in [1.165, 1.54) is 12.3 Å². The van der Waals surface area contributed by atoms with Crippen molar-refractivity contribution in [3.05, 3.63) is 17.3 Å². The minimum Gasteiger partial charge on any atom is -0.372 e. The van der Waals surface area contributed by atoms with E-state index >= 15 is 0 Å². The molecule has 1 unspecified atom stereocenters. The van der Waals surface area contributed by atoms with Gasteiger partial charge in [0.25, 0.3) is 0 Å². The Morgan fingerprint density at radius 2 is 2.22 bits per heavy atom. The zero-order valence-electron chi connectivity index (χ0n) is 10.4. The molecule has 0 aromatic carbocycles. The Morgan fingerprint density at radius 3 is 2.72 bits per heavy atom. The van der Waals surface area contributed by atoms with Gasteiger partial charge < -0.3 is 5.32 Å². The molecule has 0 bridgehead atoms. The lowest BCUT2D eigenvalue weighted by atomic mass is 10.4. The van der Waals surface area contributed by atoms with E-state index in [1.807, 2.05) is 13.2 Å². The lowest BCUT2D eigenvalue weighted by Crippen LogP contribution is -2.29. The molecule has 1 aromatic heterocycles. The van der Waals surface area contributed by atoms with Crippen molar-refractivity contribution in [2.24, 2.45) is 0 Å². The summed E-state index contributed by atoms with van der Waals surface area (Å²) >= 11 is 7.50. The quantitative estimate of drug-likeness (QED) is 0.838. The third-order valence-corrected chi connectivity index (χ3v) is 4.98. The highest BCUT2D eigenvalue weighted by Gasteiger charge is 2.17. The molecule has 0 amide bonds. The fourth-order valence-electron chi connectivity index (χ4n) is 1.15. The van der Waals surface area contributed by atoms with Crippen LogP contribution in [0.4, 0.5) is 5.82 Å². The van der Waals surface area contributed by atoms with Crippen molar-refractivity contribution in [3.8, 4) is 0 Å². The van der Waals surface area contributed by atoms with Gasteiger partial charge in [-0.05, 0) is 12.3 Å². The molecule has 0 saturated heterocycles. The Morgan fingerprint density at radius 1 is 1.56 bits per heavy atom. The number of aromatic nitrogens is 1. The number of sulfonamides is 1. The summed E-state index contributed by atoms with van der Waals surface area (Å²) in [6, 6.07) is 1.38. The van der Waals surface area contributed by atoms with Gasteiger partial charge in [0, 0.05) is 25.0 Å². The number of nitrogens with zero attached hydrogens (tertiary/aromatic N) is 1. The standard InChI is InChI=1S/C10H16ClN3O2S2/c1-7(17-3)5-14-18(15,16)8-4-9(11)10(12-2)13-6-8/h4,6-7,14H,5H2,1-3H3,(H,12,13). The van der Waals surface area contributed by atoms with Crippen molar-refractivity contribution in [3.63, 3.8) is 0 Å². The van der Waals surface area contributed by atoms with Crippen LogP contribution in [0, 0.1) is 0 Å². The fraction of sp³-hybridized carbons (Fsp3) is 0.500. The van der Waals surface area contributed by atoms with Gasteiger partial charge in [0.05, 0.1) is 5.02 Å². The number of rotatable bonds is 6. The molecule has 1 aromatic rings. The van der Waals surface area contributed by atoms with Crippen LogP contribution in [0.1, 0.15) is 6.92 Å². The highest BCUT2D eigenvalue weighted by Crippen LogP contribution is 2.21. The first kappa shape index (κ1) is 15.6. The Kier molecular flexibility index (Phi) is 5.71. The normalized spacial score (nSPS) is 13.3. The van der Waals surface area contributed by atoms with Crippen LogP contribution in [-0.2, 0) is 10.0 Å². The first-order chi connectivity index (χ1) is 8.40. The lowest BCUT2D eigenvalue weighted by Gasteiger charge is -2.11. The Bertz CT molecular complexity index is 508. The van der Waals surface area contributed by atoms with Crippen molar-refractivity contribution >= 4 is 39.2 Å². The largest absolute Gasteiger partial charge is 0.372 e. The summed E-state index contributed by atoms with van der Waals surface area (Å²) in [6.45, 7) is 2.32. The van der Waals surface area contributed by atoms with E-state index in [1.54, 1.807) is 18.8 Å². The lowest BCUT2D eigenvalue weighted by molar-refractivity contribution is 0.581. The first-order valence-electron chi connectivity index (χ1n) is 5.26. The van der Waals surface area contributed by atoms with E-state index in [9.17, 15) is 8.42 Å². The highest BCUT2D eigenvalue weighted by molar-refractivity contribution is 7.99. The molecule has 2 N–H and O–H groups in total. The van der Waals surface area contributed by atoms with Crippen LogP contribution in [0.15, 0.2) is 17.2 Å². The Hall–Kier alpha value is -0.500. The van der Waals surface area contributed by atoms with E-state index in [2.05, 4.69) is 15.0 Å². The van der Waals surface area contributed by atoms with Gasteiger partial charge in [0.2, 0.25) is 10.0 Å². The summed E-state index contributed by atoms with van der Waals surface area (Å²) in [5.41, 5.74) is 0. The molecule has 0 spiro atoms. The molecule has 1 rings (SSSR count). The molecule has 5 nitrogen and oxygen atoms in total. The second-order valence-corrected chi connectivity index (χ2v) is 7.10. The zero-order valence-corrected chi connectivity index (χ0v) is 12.8. The third-order valence-electron chi connectivity index (χ3n) is 2.33. The van der Waals surface area contributed by atoms with Crippen molar-refractivity contribution in [1.29, 1.82) is 0 Å². The molecule has 18 heavy (non-hydrogen) atoms. The molecular formula is C10H16ClN3O2S2. The molecule has 1 atom stereocenters. The number of thioether (sulfide) groups is 1. The zero-order chi connectivity index (χ0) is 13.8. The van der Waals surface area contributed by atoms with Crippen LogP contribution >= 0.6 is 23.4 Å². The van der Waals surface area contributed by atoms with E-state index in [0.29, 0.717) is 12.4 Å². The topological polar surface area (TPSA) is 71.1 Å². The predicted molar refractivity (Wildman–Crippen MR) is 77.0 cm³/mol. The van der Waals surface area contributed by atoms with Gasteiger partial charge in [-0.15, -0.1) is 0 Å². The van der Waals surface area contributed by atoms with Crippen molar-refractivity contribution in [2.45, 2.75) is 17.1 Å². The number of pyridine rings is 1. The predicted octanol–water partition coefficient (Wildman–Crippen LogP) is 1.81. The van der Waals surface area contributed by atoms with E-state index < -0.39 is 10.0 Å². The van der Waals surface area contributed by atoms with E-state index in [0.717, 1.165) is 0 Å². The number of nitrogens with one attached hydrogen (secondary N) is 2. The van der Waals surface area contributed by atoms with Gasteiger partial charge in [-0.1, -0.05) is 18.5 Å². The van der Waals surface area contributed by atoms with Crippen molar-refractivity contribution in [1.82, 2.24) is 9.71 Å². The molecular weight excluding hydrogens is 294 g/mol. The average molecular weight is 310 g/mol. The molecule has 0 aliphatic carbocycles. The molecule has 0 saturated carbocycles. The highest BCUT2D eigenvalue weighted by atomic mass is 35.5. The molecule has 0 aliphatic rings. The molecule has 0 aliphatic heterocycles. The molecule has 1 heterocycles. The van der Waals surface area contributed by atoms with Crippen molar-refractivity contribution < 1.29 is 8.42 Å². The van der Waals surface area contributed by atoms with Crippen LogP contribution in [0.5, 0.6) is 0 Å². The first-order valence-corrected chi connectivity index (χ1v) is 8.41. The maximum Gasteiger partial charge on any atom is 0.242 e. The monoisotopic (exact) mass is 309 g/mol. The third kappa shape index (κ3) is 4.01. The van der Waals surface area contributed by atoms with Gasteiger partial charge in [-0.25, -0.2) is 18.1 Å². The van der Waals surface area contributed by atoms with E-state index in [4.69, 9.17) is 11.6 Å². The number of hydrogen-bond donors (Lipinski definition) is 2. The molecule has 8 heteroatoms. The SMILES string of the molecule is CNc1ncc(S(=O)(=O)NCC(C)SC)cc1Cl. The minimum absolute atomic E-state index is 0.0693. The van der Waals surface area contributed by atoms with Crippen molar-refractivity contribution in [2.75, 3.05) is 25.2 Å². The van der Waals surface area contributed by atoms with Gasteiger partial charge in [0.1, 0.15) is 10.7 Å². The van der Waals surface area contributed by atoms with Crippen LogP contribution in [0.3, 0.4) is 0 Å². The Labute approximate surface area is 117 Å².